The molecule has 4 rings (SSSR count). The number of rotatable bonds is 3. The van der Waals surface area contributed by atoms with Gasteiger partial charge in [0.05, 0.1) is 11.4 Å². The van der Waals surface area contributed by atoms with Crippen LogP contribution < -0.4 is 11.1 Å². The zero-order valence-electron chi connectivity index (χ0n) is 15.3. The Morgan fingerprint density at radius 2 is 1.89 bits per heavy atom. The van der Waals surface area contributed by atoms with Crippen molar-refractivity contribution in [3.63, 3.8) is 0 Å². The van der Waals surface area contributed by atoms with Crippen molar-refractivity contribution >= 4 is 17.4 Å². The number of primary amides is 1. The van der Waals surface area contributed by atoms with E-state index in [4.69, 9.17) is 5.73 Å². The lowest BCUT2D eigenvalue weighted by Gasteiger charge is -2.24. The van der Waals surface area contributed by atoms with Crippen molar-refractivity contribution in [2.75, 3.05) is 11.9 Å². The van der Waals surface area contributed by atoms with Gasteiger partial charge in [0.2, 0.25) is 0 Å². The molecule has 0 unspecified atom stereocenters. The Bertz CT molecular complexity index is 900. The van der Waals surface area contributed by atoms with Gasteiger partial charge in [-0.1, -0.05) is 37.5 Å². The van der Waals surface area contributed by atoms with Gasteiger partial charge in [-0.25, -0.2) is 9.18 Å². The van der Waals surface area contributed by atoms with Gasteiger partial charge in [0.1, 0.15) is 5.82 Å². The van der Waals surface area contributed by atoms with E-state index in [0.29, 0.717) is 18.2 Å². The predicted octanol–water partition coefficient (Wildman–Crippen LogP) is 4.76. The SMILES string of the molecule is NC(=O)Nc1cc(C2CCCCC2)ccc1C1=NCCc2ccc(F)cc21. The Kier molecular flexibility index (Phi) is 4.92. The fourth-order valence-electron chi connectivity index (χ4n) is 4.29. The number of urea groups is 1. The van der Waals surface area contributed by atoms with E-state index in [9.17, 15) is 9.18 Å². The Labute approximate surface area is 158 Å². The lowest BCUT2D eigenvalue weighted by Crippen LogP contribution is -2.23. The zero-order chi connectivity index (χ0) is 18.8. The van der Waals surface area contributed by atoms with Crippen molar-refractivity contribution in [3.8, 4) is 0 Å². The molecule has 0 spiro atoms. The molecule has 1 saturated carbocycles. The van der Waals surface area contributed by atoms with Gasteiger partial charge >= 0.3 is 6.03 Å². The highest BCUT2D eigenvalue weighted by molar-refractivity contribution is 6.18. The van der Waals surface area contributed by atoms with Gasteiger partial charge in [-0.2, -0.15) is 0 Å². The molecule has 0 bridgehead atoms. The highest BCUT2D eigenvalue weighted by atomic mass is 19.1. The molecule has 5 heteroatoms. The summed E-state index contributed by atoms with van der Waals surface area (Å²) in [4.78, 5) is 16.3. The van der Waals surface area contributed by atoms with E-state index in [-0.39, 0.29) is 5.82 Å². The molecule has 4 nitrogen and oxygen atoms in total. The first kappa shape index (κ1) is 17.7. The molecule has 2 aromatic rings. The first-order valence-corrected chi connectivity index (χ1v) is 9.66. The van der Waals surface area contributed by atoms with Crippen LogP contribution in [-0.4, -0.2) is 18.3 Å². The Morgan fingerprint density at radius 3 is 2.67 bits per heavy atom. The summed E-state index contributed by atoms with van der Waals surface area (Å²) < 4.78 is 13.9. The summed E-state index contributed by atoms with van der Waals surface area (Å²) in [6.07, 6.45) is 6.90. The average molecular weight is 365 g/mol. The first-order valence-electron chi connectivity index (χ1n) is 9.66. The van der Waals surface area contributed by atoms with Crippen molar-refractivity contribution in [1.82, 2.24) is 0 Å². The number of nitrogens with one attached hydrogen (secondary N) is 1. The molecule has 1 heterocycles. The minimum absolute atomic E-state index is 0.286. The van der Waals surface area contributed by atoms with Crippen LogP contribution >= 0.6 is 0 Å². The van der Waals surface area contributed by atoms with Crippen molar-refractivity contribution in [2.45, 2.75) is 44.4 Å². The fourth-order valence-corrected chi connectivity index (χ4v) is 4.29. The van der Waals surface area contributed by atoms with Gasteiger partial charge in [0.15, 0.2) is 0 Å². The topological polar surface area (TPSA) is 67.5 Å². The van der Waals surface area contributed by atoms with Gasteiger partial charge in [-0.3, -0.25) is 4.99 Å². The van der Waals surface area contributed by atoms with Crippen molar-refractivity contribution in [2.24, 2.45) is 10.7 Å². The molecule has 0 saturated heterocycles. The molecular weight excluding hydrogens is 341 g/mol. The number of carbonyl (C=O) groups excluding carboxylic acids is 1. The number of hydrogen-bond donors (Lipinski definition) is 2. The summed E-state index contributed by atoms with van der Waals surface area (Å²) in [5.74, 6) is 0.228. The molecule has 0 atom stereocenters. The lowest BCUT2D eigenvalue weighted by atomic mass is 9.83. The molecule has 2 amide bonds. The maximum absolute atomic E-state index is 13.9. The molecule has 27 heavy (non-hydrogen) atoms. The largest absolute Gasteiger partial charge is 0.351 e. The first-order chi connectivity index (χ1) is 13.1. The predicted molar refractivity (Wildman–Crippen MR) is 106 cm³/mol. The highest BCUT2D eigenvalue weighted by Crippen LogP contribution is 2.35. The minimum Gasteiger partial charge on any atom is -0.351 e. The minimum atomic E-state index is -0.604. The number of aliphatic imine (C=N–C) groups is 1. The number of carbonyl (C=O) groups is 1. The van der Waals surface area contributed by atoms with Crippen molar-refractivity contribution in [1.29, 1.82) is 0 Å². The molecular formula is C22H24FN3O. The molecule has 2 aromatic carbocycles. The van der Waals surface area contributed by atoms with Crippen LogP contribution in [0, 0.1) is 5.82 Å². The van der Waals surface area contributed by atoms with Gasteiger partial charge in [-0.05, 0) is 54.5 Å². The van der Waals surface area contributed by atoms with E-state index in [1.165, 1.54) is 49.8 Å². The second-order valence-electron chi connectivity index (χ2n) is 7.41. The van der Waals surface area contributed by atoms with Gasteiger partial charge in [0, 0.05) is 17.7 Å². The lowest BCUT2D eigenvalue weighted by molar-refractivity contribution is 0.259. The fraction of sp³-hybridized carbons (Fsp3) is 0.364. The number of benzene rings is 2. The summed E-state index contributed by atoms with van der Waals surface area (Å²) in [7, 11) is 0. The highest BCUT2D eigenvalue weighted by Gasteiger charge is 2.22. The van der Waals surface area contributed by atoms with Gasteiger partial charge < -0.3 is 11.1 Å². The monoisotopic (exact) mass is 365 g/mol. The smallest absolute Gasteiger partial charge is 0.316 e. The molecule has 0 aromatic heterocycles. The number of halogens is 1. The Hall–Kier alpha value is -2.69. The van der Waals surface area contributed by atoms with E-state index in [1.807, 2.05) is 18.2 Å². The van der Waals surface area contributed by atoms with E-state index in [2.05, 4.69) is 16.4 Å². The van der Waals surface area contributed by atoms with Gasteiger partial charge in [-0.15, -0.1) is 0 Å². The Morgan fingerprint density at radius 1 is 1.07 bits per heavy atom. The van der Waals surface area contributed by atoms with E-state index in [0.717, 1.165) is 28.8 Å². The molecule has 0 radical (unpaired) electrons. The quantitative estimate of drug-likeness (QED) is 0.809. The van der Waals surface area contributed by atoms with Crippen LogP contribution in [0.2, 0.25) is 0 Å². The van der Waals surface area contributed by atoms with Gasteiger partial charge in [0.25, 0.3) is 0 Å². The molecule has 2 aliphatic rings. The van der Waals surface area contributed by atoms with E-state index >= 15 is 0 Å². The third-order valence-corrected chi connectivity index (χ3v) is 5.61. The number of anilines is 1. The summed E-state index contributed by atoms with van der Waals surface area (Å²) in [6.45, 7) is 0.647. The zero-order valence-corrected chi connectivity index (χ0v) is 15.3. The number of fused-ring (bicyclic) bond motifs is 1. The van der Waals surface area contributed by atoms with Crippen LogP contribution in [0.5, 0.6) is 0 Å². The summed E-state index contributed by atoms with van der Waals surface area (Å²) >= 11 is 0. The van der Waals surface area contributed by atoms with Crippen LogP contribution in [0.25, 0.3) is 0 Å². The molecule has 3 N–H and O–H groups in total. The van der Waals surface area contributed by atoms with Crippen molar-refractivity contribution < 1.29 is 9.18 Å². The second-order valence-corrected chi connectivity index (χ2v) is 7.41. The van der Waals surface area contributed by atoms with Crippen LogP contribution in [0.4, 0.5) is 14.9 Å². The van der Waals surface area contributed by atoms with Crippen LogP contribution in [0.1, 0.15) is 60.3 Å². The van der Waals surface area contributed by atoms with Crippen LogP contribution in [0.3, 0.4) is 0 Å². The van der Waals surface area contributed by atoms with E-state index < -0.39 is 6.03 Å². The maximum atomic E-state index is 13.9. The standard InChI is InChI=1S/C22H24FN3O/c23-17-8-6-15-10-11-25-21(19(15)13-17)18-9-7-16(12-20(18)26-22(24)27)14-4-2-1-3-5-14/h6-9,12-14H,1-5,10-11H2,(H3,24,26,27). The maximum Gasteiger partial charge on any atom is 0.316 e. The van der Waals surface area contributed by atoms with Crippen LogP contribution in [-0.2, 0) is 6.42 Å². The number of nitrogens with two attached hydrogens (primary N) is 1. The number of hydrogen-bond acceptors (Lipinski definition) is 2. The Balaban J connectivity index is 1.77. The number of amides is 2. The molecule has 1 aliphatic carbocycles. The second kappa shape index (κ2) is 7.51. The number of nitrogens with zero attached hydrogens (tertiary/aromatic N) is 1. The average Bonchev–Trinajstić information content (AvgIpc) is 2.68. The summed E-state index contributed by atoms with van der Waals surface area (Å²) in [5.41, 5.74) is 10.7. The molecule has 1 fully saturated rings. The van der Waals surface area contributed by atoms with E-state index in [1.54, 1.807) is 0 Å². The molecule has 140 valence electrons. The third kappa shape index (κ3) is 3.72. The van der Waals surface area contributed by atoms with Crippen molar-refractivity contribution in [3.05, 3.63) is 64.5 Å². The third-order valence-electron chi connectivity index (χ3n) is 5.61. The molecule has 1 aliphatic heterocycles. The summed E-state index contributed by atoms with van der Waals surface area (Å²) in [5, 5.41) is 2.76. The summed E-state index contributed by atoms with van der Waals surface area (Å²) in [6, 6.07) is 10.4. The van der Waals surface area contributed by atoms with Crippen LogP contribution in [0.15, 0.2) is 41.4 Å². The normalized spacial score (nSPS) is 17.1.